The van der Waals surface area contributed by atoms with Crippen LogP contribution in [-0.4, -0.2) is 26.3 Å². The third-order valence-corrected chi connectivity index (χ3v) is 4.69. The molecule has 0 spiro atoms. The maximum Gasteiger partial charge on any atom is 0.199 e. The minimum atomic E-state index is -0.217. The fraction of sp³-hybridized carbons (Fsp3) is 0.300. The third-order valence-electron chi connectivity index (χ3n) is 4.26. The number of hydrogen-bond acceptors (Lipinski definition) is 3. The lowest BCUT2D eigenvalue weighted by Crippen LogP contribution is -2.22. The minimum Gasteiger partial charge on any atom is -0.304 e. The van der Waals surface area contributed by atoms with E-state index < -0.39 is 0 Å². The second kappa shape index (κ2) is 8.38. The molecule has 0 aliphatic heterocycles. The summed E-state index contributed by atoms with van der Waals surface area (Å²) in [6.07, 6.45) is 0.757. The molecule has 0 aliphatic rings. The molecule has 0 saturated heterocycles. The second-order valence-electron chi connectivity index (χ2n) is 6.39. The third kappa shape index (κ3) is 4.45. The van der Waals surface area contributed by atoms with Crippen molar-refractivity contribution in [1.82, 2.24) is 19.2 Å². The molecular formula is C20H23FN4S. The molecule has 136 valence electrons. The zero-order valence-corrected chi connectivity index (χ0v) is 15.9. The highest BCUT2D eigenvalue weighted by Gasteiger charge is 2.12. The summed E-state index contributed by atoms with van der Waals surface area (Å²) in [5.41, 5.74) is 2.27. The van der Waals surface area contributed by atoms with Crippen molar-refractivity contribution in [3.05, 3.63) is 82.1 Å². The van der Waals surface area contributed by atoms with Crippen LogP contribution in [0.3, 0.4) is 0 Å². The number of rotatable bonds is 7. The summed E-state index contributed by atoms with van der Waals surface area (Å²) in [5, 5.41) is 4.75. The van der Waals surface area contributed by atoms with Crippen LogP contribution >= 0.6 is 12.2 Å². The molecule has 3 aromatic rings. The van der Waals surface area contributed by atoms with E-state index in [0.29, 0.717) is 13.2 Å². The van der Waals surface area contributed by atoms with Crippen LogP contribution < -0.4 is 0 Å². The van der Waals surface area contributed by atoms with Gasteiger partial charge in [-0.15, -0.1) is 0 Å². The average molecular weight is 370 g/mol. The van der Waals surface area contributed by atoms with Gasteiger partial charge in [0, 0.05) is 19.5 Å². The number of hydrogen-bond donors (Lipinski definition) is 0. The van der Waals surface area contributed by atoms with Gasteiger partial charge in [-0.25, -0.2) is 9.07 Å². The van der Waals surface area contributed by atoms with E-state index in [1.807, 2.05) is 29.9 Å². The van der Waals surface area contributed by atoms with E-state index in [1.54, 1.807) is 12.1 Å². The van der Waals surface area contributed by atoms with Crippen molar-refractivity contribution in [3.8, 4) is 0 Å². The van der Waals surface area contributed by atoms with Crippen molar-refractivity contribution in [3.63, 3.8) is 0 Å². The minimum absolute atomic E-state index is 0.217. The van der Waals surface area contributed by atoms with E-state index in [4.69, 9.17) is 17.3 Å². The molecule has 0 fully saturated rings. The Morgan fingerprint density at radius 1 is 1.04 bits per heavy atom. The molecule has 2 aromatic carbocycles. The van der Waals surface area contributed by atoms with Crippen molar-refractivity contribution < 1.29 is 4.39 Å². The van der Waals surface area contributed by atoms with Gasteiger partial charge < -0.3 is 4.57 Å². The first-order valence-corrected chi connectivity index (χ1v) is 9.11. The smallest absolute Gasteiger partial charge is 0.199 e. The maximum absolute atomic E-state index is 13.0. The quantitative estimate of drug-likeness (QED) is 0.582. The Morgan fingerprint density at radius 2 is 1.73 bits per heavy atom. The summed E-state index contributed by atoms with van der Waals surface area (Å²) in [6.45, 7) is 4.17. The van der Waals surface area contributed by atoms with Gasteiger partial charge in [0.2, 0.25) is 0 Å². The van der Waals surface area contributed by atoms with E-state index in [2.05, 4.69) is 28.5 Å². The van der Waals surface area contributed by atoms with Crippen LogP contribution in [0.2, 0.25) is 0 Å². The summed E-state index contributed by atoms with van der Waals surface area (Å²) >= 11 is 5.62. The number of benzene rings is 2. The Morgan fingerprint density at radius 3 is 2.38 bits per heavy atom. The van der Waals surface area contributed by atoms with Crippen molar-refractivity contribution in [2.45, 2.75) is 33.1 Å². The Hall–Kier alpha value is -2.31. The SMILES string of the molecule is CCn1c(Cc2ccccc2)nn(CN(C)Cc2ccc(F)cc2)c1=S. The molecule has 0 atom stereocenters. The van der Waals surface area contributed by atoms with Crippen molar-refractivity contribution >= 4 is 12.2 Å². The number of nitrogens with zero attached hydrogens (tertiary/aromatic N) is 4. The van der Waals surface area contributed by atoms with Gasteiger partial charge >= 0.3 is 0 Å². The van der Waals surface area contributed by atoms with Gasteiger partial charge in [0.05, 0.1) is 6.67 Å². The predicted molar refractivity (Wildman–Crippen MR) is 104 cm³/mol. The standard InChI is InChI=1S/C20H23FN4S/c1-3-24-19(13-16-7-5-4-6-8-16)22-25(20(24)26)15-23(2)14-17-9-11-18(21)12-10-17/h4-12H,3,13-15H2,1-2H3. The molecule has 0 radical (unpaired) electrons. The topological polar surface area (TPSA) is 26.0 Å². The lowest BCUT2D eigenvalue weighted by Gasteiger charge is -2.16. The van der Waals surface area contributed by atoms with Crippen LogP contribution in [0.15, 0.2) is 54.6 Å². The molecule has 0 N–H and O–H groups in total. The molecule has 0 bridgehead atoms. The molecule has 0 saturated carbocycles. The second-order valence-corrected chi connectivity index (χ2v) is 6.75. The highest BCUT2D eigenvalue weighted by atomic mass is 32.1. The van der Waals surface area contributed by atoms with Gasteiger partial charge in [-0.2, -0.15) is 5.10 Å². The normalized spacial score (nSPS) is 11.2. The zero-order valence-electron chi connectivity index (χ0n) is 15.1. The van der Waals surface area contributed by atoms with Gasteiger partial charge in [0.1, 0.15) is 11.6 Å². The van der Waals surface area contributed by atoms with Gasteiger partial charge in [-0.05, 0) is 49.4 Å². The molecule has 1 heterocycles. The van der Waals surface area contributed by atoms with Gasteiger partial charge in [-0.1, -0.05) is 42.5 Å². The van der Waals surface area contributed by atoms with E-state index >= 15 is 0 Å². The van der Waals surface area contributed by atoms with Crippen LogP contribution in [0.25, 0.3) is 0 Å². The van der Waals surface area contributed by atoms with Crippen LogP contribution in [0, 0.1) is 10.6 Å². The molecule has 26 heavy (non-hydrogen) atoms. The van der Waals surface area contributed by atoms with Crippen LogP contribution in [-0.2, 0) is 26.2 Å². The molecule has 0 amide bonds. The van der Waals surface area contributed by atoms with E-state index in [-0.39, 0.29) is 5.82 Å². The van der Waals surface area contributed by atoms with Gasteiger partial charge in [-0.3, -0.25) is 4.90 Å². The molecule has 0 aliphatic carbocycles. The van der Waals surface area contributed by atoms with Gasteiger partial charge in [0.25, 0.3) is 0 Å². The predicted octanol–water partition coefficient (Wildman–Crippen LogP) is 4.25. The van der Waals surface area contributed by atoms with E-state index in [9.17, 15) is 4.39 Å². The van der Waals surface area contributed by atoms with Crippen molar-refractivity contribution in [2.24, 2.45) is 0 Å². The van der Waals surface area contributed by atoms with E-state index in [1.165, 1.54) is 17.7 Å². The Labute approximate surface area is 158 Å². The lowest BCUT2D eigenvalue weighted by atomic mass is 10.1. The van der Waals surface area contributed by atoms with Crippen LogP contribution in [0.5, 0.6) is 0 Å². The summed E-state index contributed by atoms with van der Waals surface area (Å²) in [4.78, 5) is 2.11. The van der Waals surface area contributed by atoms with Crippen LogP contribution in [0.4, 0.5) is 4.39 Å². The fourth-order valence-electron chi connectivity index (χ4n) is 2.99. The number of aromatic nitrogens is 3. The van der Waals surface area contributed by atoms with E-state index in [0.717, 1.165) is 29.1 Å². The zero-order chi connectivity index (χ0) is 18.5. The summed E-state index contributed by atoms with van der Waals surface area (Å²) in [7, 11) is 2.01. The summed E-state index contributed by atoms with van der Waals surface area (Å²) < 4.78 is 17.7. The molecule has 4 nitrogen and oxygen atoms in total. The first kappa shape index (κ1) is 18.5. The first-order chi connectivity index (χ1) is 12.6. The lowest BCUT2D eigenvalue weighted by molar-refractivity contribution is 0.243. The Balaban J connectivity index is 1.75. The molecule has 6 heteroatoms. The first-order valence-electron chi connectivity index (χ1n) is 8.70. The Bertz CT molecular complexity index is 900. The Kier molecular flexibility index (Phi) is 5.96. The fourth-order valence-corrected chi connectivity index (χ4v) is 3.32. The summed E-state index contributed by atoms with van der Waals surface area (Å²) in [6, 6.07) is 16.9. The largest absolute Gasteiger partial charge is 0.304 e. The molecule has 0 unspecified atom stereocenters. The van der Waals surface area contributed by atoms with Crippen molar-refractivity contribution in [1.29, 1.82) is 0 Å². The van der Waals surface area contributed by atoms with Gasteiger partial charge in [0.15, 0.2) is 4.77 Å². The summed E-state index contributed by atoms with van der Waals surface area (Å²) in [5.74, 6) is 0.754. The highest BCUT2D eigenvalue weighted by molar-refractivity contribution is 7.71. The average Bonchev–Trinajstić information content (AvgIpc) is 2.92. The van der Waals surface area contributed by atoms with Crippen molar-refractivity contribution in [2.75, 3.05) is 7.05 Å². The highest BCUT2D eigenvalue weighted by Crippen LogP contribution is 2.11. The maximum atomic E-state index is 13.0. The number of halogens is 1. The monoisotopic (exact) mass is 370 g/mol. The molecule has 1 aromatic heterocycles. The molecule has 3 rings (SSSR count). The van der Waals surface area contributed by atoms with Crippen LogP contribution in [0.1, 0.15) is 23.9 Å². The molecular weight excluding hydrogens is 347 g/mol.